The molecule has 2 aromatic rings. The Morgan fingerprint density at radius 2 is 2.24 bits per heavy atom. The highest BCUT2D eigenvalue weighted by Crippen LogP contribution is 2.36. The second-order valence-corrected chi connectivity index (χ2v) is 6.07. The lowest BCUT2D eigenvalue weighted by Crippen LogP contribution is -2.20. The van der Waals surface area contributed by atoms with Crippen LogP contribution in [0, 0.1) is 6.92 Å². The number of ether oxygens (including phenoxy) is 2. The number of nitrogens with two attached hydrogens (primary N) is 1. The number of methoxy groups -OCH3 is 1. The van der Waals surface area contributed by atoms with Crippen LogP contribution in [-0.4, -0.2) is 36.4 Å². The number of H-pyrrole nitrogens is 1. The van der Waals surface area contributed by atoms with Crippen molar-refractivity contribution in [3.63, 3.8) is 0 Å². The molecule has 0 radical (unpaired) electrons. The quantitative estimate of drug-likeness (QED) is 0.558. The molecule has 8 heteroatoms. The number of aryl methyl sites for hydroxylation is 2. The third-order valence-corrected chi connectivity index (χ3v) is 3.99. The fraction of sp³-hybridized carbons (Fsp3) is 0.412. The van der Waals surface area contributed by atoms with Crippen LogP contribution in [0.2, 0.25) is 5.02 Å². The van der Waals surface area contributed by atoms with Gasteiger partial charge in [0.1, 0.15) is 0 Å². The molecule has 0 unspecified atom stereocenters. The van der Waals surface area contributed by atoms with Gasteiger partial charge in [-0.05, 0) is 49.6 Å². The van der Waals surface area contributed by atoms with E-state index in [1.165, 1.54) is 12.7 Å². The number of hydrogen-bond donors (Lipinski definition) is 3. The number of amides is 1. The first-order chi connectivity index (χ1) is 12.0. The minimum atomic E-state index is -0.572. The van der Waals surface area contributed by atoms with Gasteiger partial charge in [0.05, 0.1) is 18.3 Å². The summed E-state index contributed by atoms with van der Waals surface area (Å²) >= 11 is 6.23. The summed E-state index contributed by atoms with van der Waals surface area (Å²) in [5.74, 6) is 0.221. The van der Waals surface area contributed by atoms with Crippen molar-refractivity contribution in [1.29, 1.82) is 0 Å². The third kappa shape index (κ3) is 5.65. The molecular weight excluding hydrogens is 344 g/mol. The van der Waals surface area contributed by atoms with E-state index in [0.29, 0.717) is 23.1 Å². The molecule has 1 aromatic heterocycles. The molecule has 1 heterocycles. The molecule has 2 rings (SSSR count). The van der Waals surface area contributed by atoms with Crippen molar-refractivity contribution in [2.45, 2.75) is 26.3 Å². The first-order valence-corrected chi connectivity index (χ1v) is 8.36. The molecular formula is C17H23ClN4O3. The molecule has 25 heavy (non-hydrogen) atoms. The number of halogens is 1. The minimum Gasteiger partial charge on any atom is -0.493 e. The van der Waals surface area contributed by atoms with Gasteiger partial charge in [0.25, 0.3) is 5.91 Å². The molecule has 0 fully saturated rings. The van der Waals surface area contributed by atoms with E-state index in [9.17, 15) is 4.79 Å². The van der Waals surface area contributed by atoms with Gasteiger partial charge in [-0.15, -0.1) is 0 Å². The van der Waals surface area contributed by atoms with Gasteiger partial charge in [-0.1, -0.05) is 11.6 Å². The average Bonchev–Trinajstić information content (AvgIpc) is 2.98. The van der Waals surface area contributed by atoms with Crippen LogP contribution < -0.4 is 20.5 Å². The molecule has 0 aliphatic rings. The Balaban J connectivity index is 1.86. The van der Waals surface area contributed by atoms with Crippen molar-refractivity contribution in [1.82, 2.24) is 15.5 Å². The van der Waals surface area contributed by atoms with Crippen molar-refractivity contribution >= 4 is 17.5 Å². The van der Waals surface area contributed by atoms with Crippen molar-refractivity contribution in [3.05, 3.63) is 40.2 Å². The Bertz CT molecular complexity index is 718. The number of aromatic amines is 1. The number of primary amides is 1. The Morgan fingerprint density at radius 3 is 2.88 bits per heavy atom. The maximum absolute atomic E-state index is 10.9. The van der Waals surface area contributed by atoms with Crippen LogP contribution in [0.25, 0.3) is 0 Å². The van der Waals surface area contributed by atoms with Crippen LogP contribution in [0.3, 0.4) is 0 Å². The van der Waals surface area contributed by atoms with Gasteiger partial charge < -0.3 is 20.5 Å². The van der Waals surface area contributed by atoms with Crippen LogP contribution in [0.5, 0.6) is 11.5 Å². The number of carbonyl (C=O) groups excluding carboxylic acids is 1. The highest BCUT2D eigenvalue weighted by atomic mass is 35.5. The predicted octanol–water partition coefficient (Wildman–Crippen LogP) is 1.97. The second-order valence-electron chi connectivity index (χ2n) is 5.66. The zero-order chi connectivity index (χ0) is 18.2. The number of carbonyl (C=O) groups is 1. The predicted molar refractivity (Wildman–Crippen MR) is 96.0 cm³/mol. The largest absolute Gasteiger partial charge is 0.493 e. The van der Waals surface area contributed by atoms with Gasteiger partial charge in [0.15, 0.2) is 18.1 Å². The molecule has 1 aromatic carbocycles. The lowest BCUT2D eigenvalue weighted by Gasteiger charge is -2.13. The maximum Gasteiger partial charge on any atom is 0.255 e. The van der Waals surface area contributed by atoms with Crippen LogP contribution in [0.4, 0.5) is 0 Å². The summed E-state index contributed by atoms with van der Waals surface area (Å²) in [6.45, 7) is 3.29. The van der Waals surface area contributed by atoms with Crippen molar-refractivity contribution < 1.29 is 14.3 Å². The standard InChI is InChI=1S/C17H23ClN4O3/c1-11-13(9-21-22-11)4-3-5-20-8-12-6-14(18)17(15(7-12)24-2)25-10-16(19)23/h6-7,9,20H,3-5,8,10H2,1-2H3,(H2,19,23)(H,21,22). The van der Waals surface area contributed by atoms with Crippen molar-refractivity contribution in [2.24, 2.45) is 5.73 Å². The van der Waals surface area contributed by atoms with E-state index < -0.39 is 5.91 Å². The summed E-state index contributed by atoms with van der Waals surface area (Å²) in [7, 11) is 1.52. The van der Waals surface area contributed by atoms with Crippen LogP contribution in [-0.2, 0) is 17.8 Å². The molecule has 0 saturated heterocycles. The Morgan fingerprint density at radius 1 is 1.44 bits per heavy atom. The van der Waals surface area contributed by atoms with Crippen LogP contribution in [0.1, 0.15) is 23.2 Å². The Hall–Kier alpha value is -2.25. The summed E-state index contributed by atoms with van der Waals surface area (Å²) in [6.07, 6.45) is 3.84. The average molecular weight is 367 g/mol. The number of hydrogen-bond acceptors (Lipinski definition) is 5. The molecule has 0 atom stereocenters. The smallest absolute Gasteiger partial charge is 0.255 e. The summed E-state index contributed by atoms with van der Waals surface area (Å²) in [5, 5.41) is 10.7. The van der Waals surface area contributed by atoms with Gasteiger partial charge >= 0.3 is 0 Å². The molecule has 0 spiro atoms. The summed E-state index contributed by atoms with van der Waals surface area (Å²) < 4.78 is 10.6. The summed E-state index contributed by atoms with van der Waals surface area (Å²) in [6, 6.07) is 3.61. The summed E-state index contributed by atoms with van der Waals surface area (Å²) in [4.78, 5) is 10.9. The monoisotopic (exact) mass is 366 g/mol. The topological polar surface area (TPSA) is 102 Å². The minimum absolute atomic E-state index is 0.249. The molecule has 0 aliphatic carbocycles. The van der Waals surface area contributed by atoms with Gasteiger partial charge in [-0.3, -0.25) is 9.89 Å². The van der Waals surface area contributed by atoms with Crippen molar-refractivity contribution in [2.75, 3.05) is 20.3 Å². The van der Waals surface area contributed by atoms with Gasteiger partial charge in [0.2, 0.25) is 0 Å². The number of benzene rings is 1. The van der Waals surface area contributed by atoms with E-state index >= 15 is 0 Å². The van der Waals surface area contributed by atoms with Gasteiger partial charge in [-0.25, -0.2) is 0 Å². The second kappa shape index (κ2) is 9.29. The van der Waals surface area contributed by atoms with Crippen LogP contribution >= 0.6 is 11.6 Å². The summed E-state index contributed by atoms with van der Waals surface area (Å²) in [5.41, 5.74) is 8.40. The first-order valence-electron chi connectivity index (χ1n) is 7.98. The molecule has 0 bridgehead atoms. The lowest BCUT2D eigenvalue weighted by atomic mass is 10.1. The number of nitrogens with zero attached hydrogens (tertiary/aromatic N) is 1. The number of aromatic nitrogens is 2. The van der Waals surface area contributed by atoms with E-state index in [1.807, 2.05) is 19.2 Å². The zero-order valence-corrected chi connectivity index (χ0v) is 15.2. The first kappa shape index (κ1) is 19.1. The third-order valence-electron chi connectivity index (χ3n) is 3.71. The number of rotatable bonds is 10. The fourth-order valence-electron chi connectivity index (χ4n) is 2.42. The van der Waals surface area contributed by atoms with E-state index in [-0.39, 0.29) is 6.61 Å². The van der Waals surface area contributed by atoms with E-state index in [2.05, 4.69) is 15.5 Å². The van der Waals surface area contributed by atoms with Crippen molar-refractivity contribution in [3.8, 4) is 11.5 Å². The molecule has 0 saturated carbocycles. The molecule has 0 aliphatic heterocycles. The molecule has 136 valence electrons. The van der Waals surface area contributed by atoms with Gasteiger partial charge in [-0.2, -0.15) is 5.10 Å². The van der Waals surface area contributed by atoms with Crippen LogP contribution in [0.15, 0.2) is 18.3 Å². The molecule has 7 nitrogen and oxygen atoms in total. The SMILES string of the molecule is COc1cc(CNCCCc2cn[nH]c2C)cc(Cl)c1OCC(N)=O. The van der Waals surface area contributed by atoms with Gasteiger partial charge in [0, 0.05) is 12.2 Å². The Labute approximate surface area is 151 Å². The number of nitrogens with one attached hydrogen (secondary N) is 2. The van der Waals surface area contributed by atoms with E-state index in [1.54, 1.807) is 6.07 Å². The normalized spacial score (nSPS) is 10.7. The van der Waals surface area contributed by atoms with E-state index in [4.69, 9.17) is 26.8 Å². The lowest BCUT2D eigenvalue weighted by molar-refractivity contribution is -0.119. The maximum atomic E-state index is 10.9. The Kier molecular flexibility index (Phi) is 7.09. The molecule has 1 amide bonds. The highest BCUT2D eigenvalue weighted by Gasteiger charge is 2.13. The zero-order valence-electron chi connectivity index (χ0n) is 14.4. The van der Waals surface area contributed by atoms with E-state index in [0.717, 1.165) is 30.6 Å². The highest BCUT2D eigenvalue weighted by molar-refractivity contribution is 6.32. The fourth-order valence-corrected chi connectivity index (χ4v) is 2.71. The molecule has 4 N–H and O–H groups in total.